The zero-order valence-electron chi connectivity index (χ0n) is 18.1. The van der Waals surface area contributed by atoms with Crippen molar-refractivity contribution in [2.45, 2.75) is 52.6 Å². The molecule has 1 aromatic carbocycles. The molecule has 0 saturated heterocycles. The first-order valence-corrected chi connectivity index (χ1v) is 9.58. The van der Waals surface area contributed by atoms with Crippen molar-refractivity contribution in [1.82, 2.24) is 0 Å². The monoisotopic (exact) mass is 366 g/mol. The Labute approximate surface area is 160 Å². The minimum atomic E-state index is -0.445. The fraction of sp³-hybridized carbons (Fsp3) is 0.727. The van der Waals surface area contributed by atoms with Crippen molar-refractivity contribution in [3.63, 3.8) is 0 Å². The van der Waals surface area contributed by atoms with Gasteiger partial charge in [0.25, 0.3) is 0 Å². The van der Waals surface area contributed by atoms with E-state index in [-0.39, 0.29) is 5.41 Å². The van der Waals surface area contributed by atoms with Crippen molar-refractivity contribution in [1.29, 1.82) is 0 Å². The van der Waals surface area contributed by atoms with Gasteiger partial charge in [-0.15, -0.1) is 0 Å². The molecular weight excluding hydrogens is 326 g/mol. The molecule has 26 heavy (non-hydrogen) atoms. The fourth-order valence-electron chi connectivity index (χ4n) is 3.55. The van der Waals surface area contributed by atoms with Crippen molar-refractivity contribution in [2.75, 3.05) is 47.5 Å². The molecule has 1 atom stereocenters. The van der Waals surface area contributed by atoms with Crippen LogP contribution in [-0.4, -0.2) is 63.2 Å². The lowest BCUT2D eigenvalue weighted by Gasteiger charge is -2.33. The highest BCUT2D eigenvalue weighted by Gasteiger charge is 2.27. The molecule has 0 aliphatic heterocycles. The lowest BCUT2D eigenvalue weighted by molar-refractivity contribution is -0.873. The first-order valence-electron chi connectivity index (χ1n) is 9.58. The summed E-state index contributed by atoms with van der Waals surface area (Å²) in [7, 11) is 6.16. The zero-order valence-corrected chi connectivity index (χ0v) is 18.1. The van der Waals surface area contributed by atoms with E-state index in [1.165, 1.54) is 5.56 Å². The Morgan fingerprint density at radius 1 is 0.962 bits per heavy atom. The molecule has 0 heterocycles. The first-order chi connectivity index (χ1) is 11.8. The third kappa shape index (κ3) is 9.56. The van der Waals surface area contributed by atoms with E-state index in [0.717, 1.165) is 16.7 Å². The van der Waals surface area contributed by atoms with Gasteiger partial charge in [-0.2, -0.15) is 0 Å². The van der Waals surface area contributed by atoms with Crippen LogP contribution in [0, 0.1) is 5.41 Å². The van der Waals surface area contributed by atoms with Crippen LogP contribution in [0.4, 0.5) is 0 Å². The lowest BCUT2D eigenvalue weighted by Crippen LogP contribution is -2.43. The number of hydrogen-bond donors (Lipinski definition) is 1. The van der Waals surface area contributed by atoms with Crippen LogP contribution in [0.3, 0.4) is 0 Å². The maximum atomic E-state index is 9.91. The predicted octanol–water partition coefficient (Wildman–Crippen LogP) is 3.86. The van der Waals surface area contributed by atoms with Gasteiger partial charge in [-0.3, -0.25) is 0 Å². The number of likely N-dealkylation sites (N-methyl/N-ethyl adjacent to an activating group) is 1. The second-order valence-corrected chi connectivity index (χ2v) is 10.2. The Bertz CT molecular complexity index is 524. The molecule has 150 valence electrons. The van der Waals surface area contributed by atoms with Gasteiger partial charge in [0, 0.05) is 0 Å². The fourth-order valence-corrected chi connectivity index (χ4v) is 3.55. The second-order valence-electron chi connectivity index (χ2n) is 10.2. The molecule has 0 aliphatic rings. The van der Waals surface area contributed by atoms with Crippen LogP contribution in [0.1, 0.15) is 46.6 Å². The van der Waals surface area contributed by atoms with E-state index in [9.17, 15) is 5.11 Å². The molecular formula is C22H40NO3+. The highest BCUT2D eigenvalue weighted by Crippen LogP contribution is 2.36. The summed E-state index contributed by atoms with van der Waals surface area (Å²) in [6.45, 7) is 13.4. The van der Waals surface area contributed by atoms with Gasteiger partial charge in [0.1, 0.15) is 25.0 Å². The summed E-state index contributed by atoms with van der Waals surface area (Å²) >= 11 is 0. The molecule has 0 unspecified atom stereocenters. The molecule has 1 rings (SSSR count). The van der Waals surface area contributed by atoms with E-state index < -0.39 is 6.10 Å². The van der Waals surface area contributed by atoms with Crippen LogP contribution < -0.4 is 4.74 Å². The molecule has 4 heteroatoms. The van der Waals surface area contributed by atoms with Crippen LogP contribution in [0.2, 0.25) is 0 Å². The predicted molar refractivity (Wildman–Crippen MR) is 109 cm³/mol. The summed E-state index contributed by atoms with van der Waals surface area (Å²) < 4.78 is 12.0. The molecule has 0 fully saturated rings. The van der Waals surface area contributed by atoms with Gasteiger partial charge in [-0.1, -0.05) is 46.8 Å². The van der Waals surface area contributed by atoms with Gasteiger partial charge in [0.05, 0.1) is 34.4 Å². The number of nitrogens with zero attached hydrogens (tertiary/aromatic N) is 1. The topological polar surface area (TPSA) is 38.7 Å². The zero-order chi connectivity index (χ0) is 20.0. The Hall–Kier alpha value is -1.10. The van der Waals surface area contributed by atoms with Crippen LogP contribution in [0.25, 0.3) is 0 Å². The molecule has 4 nitrogen and oxygen atoms in total. The van der Waals surface area contributed by atoms with Gasteiger partial charge in [-0.05, 0) is 34.9 Å². The van der Waals surface area contributed by atoms with Crippen LogP contribution in [-0.2, 0) is 10.2 Å². The normalized spacial score (nSPS) is 14.3. The third-order valence-electron chi connectivity index (χ3n) is 4.17. The average Bonchev–Trinajstić information content (AvgIpc) is 2.43. The molecule has 1 aromatic rings. The molecule has 0 aromatic heterocycles. The maximum absolute atomic E-state index is 9.91. The highest BCUT2D eigenvalue weighted by atomic mass is 16.5. The molecule has 0 spiro atoms. The smallest absolute Gasteiger partial charge is 0.126 e. The molecule has 0 amide bonds. The van der Waals surface area contributed by atoms with Gasteiger partial charge in [0.2, 0.25) is 0 Å². The number of quaternary nitrogens is 1. The molecule has 0 saturated carbocycles. The van der Waals surface area contributed by atoms with Crippen LogP contribution >= 0.6 is 0 Å². The average molecular weight is 367 g/mol. The summed E-state index contributed by atoms with van der Waals surface area (Å²) in [6, 6.07) is 8.39. The minimum Gasteiger partial charge on any atom is -0.491 e. The maximum Gasteiger partial charge on any atom is 0.126 e. The highest BCUT2D eigenvalue weighted by molar-refractivity contribution is 5.31. The SMILES string of the molecule is CC(C)(C)CC(C)(C)c1ccc(OCCOC[C@H](O)C[N+](C)(C)C)cc1. The lowest BCUT2D eigenvalue weighted by atomic mass is 9.72. The molecule has 0 bridgehead atoms. The number of hydrogen-bond acceptors (Lipinski definition) is 3. The quantitative estimate of drug-likeness (QED) is 0.505. The molecule has 1 N–H and O–H groups in total. The second kappa shape index (κ2) is 9.20. The first kappa shape index (κ1) is 22.9. The minimum absolute atomic E-state index is 0.140. The summed E-state index contributed by atoms with van der Waals surface area (Å²) in [5.41, 5.74) is 1.77. The summed E-state index contributed by atoms with van der Waals surface area (Å²) in [5.74, 6) is 0.857. The Morgan fingerprint density at radius 3 is 2.04 bits per heavy atom. The van der Waals surface area contributed by atoms with E-state index in [1.807, 2.05) is 12.1 Å². The Morgan fingerprint density at radius 2 is 1.54 bits per heavy atom. The number of rotatable bonds is 10. The van der Waals surface area contributed by atoms with Crippen molar-refractivity contribution in [2.24, 2.45) is 5.41 Å². The molecule has 0 radical (unpaired) electrons. The van der Waals surface area contributed by atoms with Gasteiger partial charge in [-0.25, -0.2) is 0 Å². The van der Waals surface area contributed by atoms with Crippen molar-refractivity contribution >= 4 is 0 Å². The number of benzene rings is 1. The molecule has 0 aliphatic carbocycles. The van der Waals surface area contributed by atoms with Crippen LogP contribution in [0.5, 0.6) is 5.75 Å². The van der Waals surface area contributed by atoms with Crippen molar-refractivity contribution in [3.05, 3.63) is 29.8 Å². The van der Waals surface area contributed by atoms with E-state index in [2.05, 4.69) is 67.9 Å². The van der Waals surface area contributed by atoms with E-state index in [0.29, 0.717) is 31.8 Å². The van der Waals surface area contributed by atoms with Crippen molar-refractivity contribution in [3.8, 4) is 5.75 Å². The number of aliphatic hydroxyl groups is 1. The van der Waals surface area contributed by atoms with Gasteiger partial charge >= 0.3 is 0 Å². The van der Waals surface area contributed by atoms with Gasteiger partial charge < -0.3 is 19.1 Å². The Balaban J connectivity index is 2.37. The van der Waals surface area contributed by atoms with Crippen LogP contribution in [0.15, 0.2) is 24.3 Å². The Kier molecular flexibility index (Phi) is 8.12. The van der Waals surface area contributed by atoms with E-state index >= 15 is 0 Å². The van der Waals surface area contributed by atoms with E-state index in [4.69, 9.17) is 9.47 Å². The standard InChI is InChI=1S/C22H40NO3/c1-21(2,3)17-22(4,5)18-9-11-20(12-10-18)26-14-13-25-16-19(24)15-23(6,7)8/h9-12,19,24H,13-17H2,1-8H3/q+1/t19-/m1/s1. The largest absolute Gasteiger partial charge is 0.491 e. The summed E-state index contributed by atoms with van der Waals surface area (Å²) in [4.78, 5) is 0. The number of aliphatic hydroxyl groups excluding tert-OH is 1. The van der Waals surface area contributed by atoms with E-state index in [1.54, 1.807) is 0 Å². The van der Waals surface area contributed by atoms with Crippen molar-refractivity contribution < 1.29 is 19.1 Å². The van der Waals surface area contributed by atoms with Gasteiger partial charge in [0.15, 0.2) is 0 Å². The third-order valence-corrected chi connectivity index (χ3v) is 4.17. The summed E-state index contributed by atoms with van der Waals surface area (Å²) in [6.07, 6.45) is 0.684. The number of ether oxygens (including phenoxy) is 2. The summed E-state index contributed by atoms with van der Waals surface area (Å²) in [5, 5.41) is 9.91.